The maximum Gasteiger partial charge on any atom is 0.152 e. The van der Waals surface area contributed by atoms with E-state index in [-0.39, 0.29) is 12.0 Å². The highest BCUT2D eigenvalue weighted by Crippen LogP contribution is 2.32. The van der Waals surface area contributed by atoms with E-state index in [0.717, 1.165) is 21.5 Å². The molecule has 14 heavy (non-hydrogen) atoms. The van der Waals surface area contributed by atoms with Crippen molar-refractivity contribution in [3.8, 4) is 0 Å². The second kappa shape index (κ2) is 5.54. The van der Waals surface area contributed by atoms with E-state index in [0.29, 0.717) is 11.3 Å². The van der Waals surface area contributed by atoms with Gasteiger partial charge in [-0.15, -0.1) is 17.8 Å². The van der Waals surface area contributed by atoms with E-state index in [2.05, 4.69) is 20.8 Å². The predicted molar refractivity (Wildman–Crippen MR) is 67.3 cm³/mol. The number of nitrogens with zero attached hydrogens (tertiary/aromatic N) is 1. The molecule has 0 aromatic carbocycles. The van der Waals surface area contributed by atoms with Crippen molar-refractivity contribution in [3.63, 3.8) is 0 Å². The molecule has 0 bridgehead atoms. The number of hydrogen-bond donors (Lipinski definition) is 0. The first kappa shape index (κ1) is 12.6. The minimum atomic E-state index is 0.179. The van der Waals surface area contributed by atoms with Gasteiger partial charge in [0.05, 0.1) is 6.04 Å². The Hall–Kier alpha value is 0.490. The van der Waals surface area contributed by atoms with Gasteiger partial charge in [-0.2, -0.15) is 0 Å². The minimum Gasteiger partial charge on any atom is -0.298 e. The molecule has 1 saturated heterocycles. The van der Waals surface area contributed by atoms with Gasteiger partial charge in [0.15, 0.2) is 5.78 Å². The standard InChI is InChI=1S/C10H21NOP2/c1-7(2)9(12)8-5-4-6-11(8)10(13)14-3/h7-8,10,14H,4-6,13H2,1-3H3. The van der Waals surface area contributed by atoms with E-state index in [1.165, 1.54) is 6.42 Å². The second-order valence-electron chi connectivity index (χ2n) is 4.19. The summed E-state index contributed by atoms with van der Waals surface area (Å²) in [5.41, 5.74) is 0.505. The minimum absolute atomic E-state index is 0.179. The molecule has 0 amide bonds. The molecular weight excluding hydrogens is 212 g/mol. The Labute approximate surface area is 91.2 Å². The van der Waals surface area contributed by atoms with Crippen LogP contribution in [0.1, 0.15) is 26.7 Å². The molecule has 1 heterocycles. The zero-order valence-corrected chi connectivity index (χ0v) is 11.4. The molecule has 4 heteroatoms. The van der Waals surface area contributed by atoms with E-state index in [4.69, 9.17) is 0 Å². The summed E-state index contributed by atoms with van der Waals surface area (Å²) in [6, 6.07) is 0.199. The van der Waals surface area contributed by atoms with Crippen molar-refractivity contribution >= 4 is 23.6 Å². The van der Waals surface area contributed by atoms with Crippen molar-refractivity contribution in [1.29, 1.82) is 0 Å². The summed E-state index contributed by atoms with van der Waals surface area (Å²) < 4.78 is 0. The van der Waals surface area contributed by atoms with Crippen LogP contribution in [0, 0.1) is 5.92 Å². The van der Waals surface area contributed by atoms with E-state index in [1.54, 1.807) is 0 Å². The maximum absolute atomic E-state index is 11.9. The number of carbonyl (C=O) groups excluding carboxylic acids is 1. The Morgan fingerprint density at radius 1 is 1.57 bits per heavy atom. The van der Waals surface area contributed by atoms with Crippen LogP contribution < -0.4 is 0 Å². The highest BCUT2D eigenvalue weighted by atomic mass is 31.1. The SMILES string of the molecule is CPC(P)N1CCCC1C(=O)C(C)C. The zero-order chi connectivity index (χ0) is 10.7. The molecule has 2 nitrogen and oxygen atoms in total. The summed E-state index contributed by atoms with van der Waals surface area (Å²) in [6.45, 7) is 7.31. The Morgan fingerprint density at radius 3 is 2.71 bits per heavy atom. The molecule has 0 radical (unpaired) electrons. The van der Waals surface area contributed by atoms with Gasteiger partial charge in [-0.1, -0.05) is 13.8 Å². The summed E-state index contributed by atoms with van der Waals surface area (Å²) in [6.07, 6.45) is 2.24. The van der Waals surface area contributed by atoms with Crippen LogP contribution in [-0.2, 0) is 4.79 Å². The van der Waals surface area contributed by atoms with Gasteiger partial charge < -0.3 is 0 Å². The molecule has 0 spiro atoms. The molecule has 82 valence electrons. The largest absolute Gasteiger partial charge is 0.298 e. The van der Waals surface area contributed by atoms with Gasteiger partial charge in [-0.05, 0) is 26.1 Å². The first-order valence-corrected chi connectivity index (χ1v) is 7.54. The van der Waals surface area contributed by atoms with Gasteiger partial charge in [0.1, 0.15) is 0 Å². The average molecular weight is 233 g/mol. The van der Waals surface area contributed by atoms with Crippen molar-refractivity contribution in [2.75, 3.05) is 13.2 Å². The Bertz CT molecular complexity index is 208. The topological polar surface area (TPSA) is 20.3 Å². The van der Waals surface area contributed by atoms with Crippen LogP contribution in [0.15, 0.2) is 0 Å². The van der Waals surface area contributed by atoms with Gasteiger partial charge in [-0.25, -0.2) is 0 Å². The summed E-state index contributed by atoms with van der Waals surface area (Å²) in [5, 5.41) is 0. The lowest BCUT2D eigenvalue weighted by atomic mass is 10.0. The van der Waals surface area contributed by atoms with Crippen molar-refractivity contribution in [2.24, 2.45) is 5.92 Å². The average Bonchev–Trinajstić information content (AvgIpc) is 2.63. The lowest BCUT2D eigenvalue weighted by Crippen LogP contribution is -2.40. The zero-order valence-electron chi connectivity index (χ0n) is 9.29. The number of ketones is 1. The third kappa shape index (κ3) is 2.75. The first-order valence-electron chi connectivity index (χ1n) is 5.30. The molecular formula is C10H21NOP2. The lowest BCUT2D eigenvalue weighted by Gasteiger charge is -2.29. The summed E-state index contributed by atoms with van der Waals surface area (Å²) in [4.78, 5) is 14.3. The number of likely N-dealkylation sites (tertiary alicyclic amines) is 1. The van der Waals surface area contributed by atoms with Crippen LogP contribution in [0.25, 0.3) is 0 Å². The smallest absolute Gasteiger partial charge is 0.152 e. The van der Waals surface area contributed by atoms with Gasteiger partial charge >= 0.3 is 0 Å². The fourth-order valence-corrected chi connectivity index (χ4v) is 2.98. The normalized spacial score (nSPS) is 26.5. The summed E-state index contributed by atoms with van der Waals surface area (Å²) in [7, 11) is 3.74. The van der Waals surface area contributed by atoms with Crippen molar-refractivity contribution < 1.29 is 4.79 Å². The van der Waals surface area contributed by atoms with Crippen LogP contribution >= 0.6 is 17.8 Å². The predicted octanol–water partition coefficient (Wildman–Crippen LogP) is 2.14. The molecule has 0 aromatic heterocycles. The lowest BCUT2D eigenvalue weighted by molar-refractivity contribution is -0.126. The highest BCUT2D eigenvalue weighted by molar-refractivity contribution is 7.49. The van der Waals surface area contributed by atoms with Gasteiger partial charge in [-0.3, -0.25) is 9.69 Å². The van der Waals surface area contributed by atoms with Gasteiger partial charge in [0.2, 0.25) is 0 Å². The second-order valence-corrected chi connectivity index (χ2v) is 6.65. The van der Waals surface area contributed by atoms with E-state index >= 15 is 0 Å². The quantitative estimate of drug-likeness (QED) is 0.693. The summed E-state index contributed by atoms with van der Waals surface area (Å²) in [5.74, 6) is 0.603. The Balaban J connectivity index is 2.63. The van der Waals surface area contributed by atoms with Crippen molar-refractivity contribution in [1.82, 2.24) is 4.90 Å². The van der Waals surface area contributed by atoms with Crippen LogP contribution in [0.2, 0.25) is 0 Å². The molecule has 1 rings (SSSR count). The van der Waals surface area contributed by atoms with Crippen LogP contribution in [0.3, 0.4) is 0 Å². The summed E-state index contributed by atoms with van der Waals surface area (Å²) >= 11 is 0. The molecule has 4 unspecified atom stereocenters. The molecule has 0 saturated carbocycles. The molecule has 1 aliphatic rings. The van der Waals surface area contributed by atoms with E-state index < -0.39 is 0 Å². The number of hydrogen-bond acceptors (Lipinski definition) is 2. The Morgan fingerprint density at radius 2 is 2.21 bits per heavy atom. The van der Waals surface area contributed by atoms with Crippen molar-refractivity contribution in [3.05, 3.63) is 0 Å². The van der Waals surface area contributed by atoms with Gasteiger partial charge in [0.25, 0.3) is 0 Å². The number of Topliss-reactive ketones (excluding diaryl/α,β-unsaturated/α-hetero) is 1. The molecule has 1 fully saturated rings. The van der Waals surface area contributed by atoms with Crippen LogP contribution in [0.5, 0.6) is 0 Å². The van der Waals surface area contributed by atoms with Crippen LogP contribution in [0.4, 0.5) is 0 Å². The van der Waals surface area contributed by atoms with Crippen LogP contribution in [-0.4, -0.2) is 35.5 Å². The van der Waals surface area contributed by atoms with Crippen molar-refractivity contribution in [2.45, 2.75) is 38.3 Å². The number of carbonyl (C=O) groups is 1. The van der Waals surface area contributed by atoms with E-state index in [1.807, 2.05) is 13.8 Å². The Kier molecular flexibility index (Phi) is 4.97. The molecule has 4 atom stereocenters. The monoisotopic (exact) mass is 233 g/mol. The number of rotatable bonds is 4. The third-order valence-corrected chi connectivity index (χ3v) is 5.15. The first-order chi connectivity index (χ1) is 6.57. The molecule has 0 aliphatic carbocycles. The molecule has 0 aromatic rings. The maximum atomic E-state index is 11.9. The fraction of sp³-hybridized carbons (Fsp3) is 0.900. The molecule has 1 aliphatic heterocycles. The fourth-order valence-electron chi connectivity index (χ4n) is 1.98. The van der Waals surface area contributed by atoms with Gasteiger partial charge in [0, 0.05) is 11.4 Å². The third-order valence-electron chi connectivity index (χ3n) is 2.84. The molecule has 0 N–H and O–H groups in total. The van der Waals surface area contributed by atoms with E-state index in [9.17, 15) is 4.79 Å². The highest BCUT2D eigenvalue weighted by Gasteiger charge is 2.33.